The van der Waals surface area contributed by atoms with Crippen LogP contribution in [0.15, 0.2) is 60.8 Å². The Morgan fingerprint density at radius 2 is 1.67 bits per heavy atom. The zero-order valence-electron chi connectivity index (χ0n) is 22.5. The maximum atomic E-state index is 4.98. The minimum Gasteiger partial charge on any atom is -0.255 e. The van der Waals surface area contributed by atoms with E-state index in [4.69, 9.17) is 4.98 Å². The molecule has 6 rings (SSSR count). The molecule has 1 saturated heterocycles. The third kappa shape index (κ3) is 3.83. The molecule has 0 aliphatic carbocycles. The van der Waals surface area contributed by atoms with Gasteiger partial charge in [0.15, 0.2) is 0 Å². The van der Waals surface area contributed by atoms with Gasteiger partial charge >= 0.3 is 0 Å². The number of hydrogen-bond acceptors (Lipinski definition) is 2. The Morgan fingerprint density at radius 3 is 2.44 bits per heavy atom. The monoisotopic (exact) mass is 507 g/mol. The number of aromatic nitrogens is 1. The number of fused-ring (bicyclic) bond motifs is 4. The van der Waals surface area contributed by atoms with Gasteiger partial charge in [0, 0.05) is 27.2 Å². The molecule has 184 valence electrons. The van der Waals surface area contributed by atoms with Crippen LogP contribution in [0.4, 0.5) is 0 Å². The van der Waals surface area contributed by atoms with Gasteiger partial charge in [-0.1, -0.05) is 89.1 Å². The van der Waals surface area contributed by atoms with Crippen molar-refractivity contribution in [2.45, 2.75) is 77.1 Å². The van der Waals surface area contributed by atoms with Gasteiger partial charge in [-0.15, -0.1) is 11.3 Å². The molecule has 1 unspecified atom stereocenters. The third-order valence-electron chi connectivity index (χ3n) is 8.67. The first kappa shape index (κ1) is 23.9. The molecular formula is C33H37NSSi. The number of pyridine rings is 1. The van der Waals surface area contributed by atoms with Crippen LogP contribution in [0.3, 0.4) is 0 Å². The van der Waals surface area contributed by atoms with E-state index in [9.17, 15) is 0 Å². The molecule has 1 aliphatic heterocycles. The number of benzene rings is 3. The van der Waals surface area contributed by atoms with Crippen molar-refractivity contribution in [3.8, 4) is 11.3 Å². The highest BCUT2D eigenvalue weighted by molar-refractivity contribution is 7.26. The van der Waals surface area contributed by atoms with Crippen molar-refractivity contribution in [1.82, 2.24) is 4.98 Å². The molecule has 0 radical (unpaired) electrons. The normalized spacial score (nSPS) is 18.3. The number of aryl methyl sites for hydroxylation is 1. The summed E-state index contributed by atoms with van der Waals surface area (Å²) >= 11 is 1.96. The van der Waals surface area contributed by atoms with Gasteiger partial charge in [-0.2, -0.15) is 0 Å². The first-order chi connectivity index (χ1) is 17.1. The third-order valence-corrected chi connectivity index (χ3v) is 14.1. The van der Waals surface area contributed by atoms with Gasteiger partial charge in [-0.05, 0) is 70.0 Å². The van der Waals surface area contributed by atoms with Gasteiger partial charge in [0.1, 0.15) is 0 Å². The van der Waals surface area contributed by atoms with E-state index < -0.39 is 8.07 Å². The van der Waals surface area contributed by atoms with Crippen molar-refractivity contribution in [3.05, 3.63) is 77.5 Å². The lowest BCUT2D eigenvalue weighted by Gasteiger charge is -2.38. The van der Waals surface area contributed by atoms with Gasteiger partial charge in [-0.3, -0.25) is 4.98 Å². The van der Waals surface area contributed by atoms with Crippen molar-refractivity contribution in [2.24, 2.45) is 0 Å². The Hall–Kier alpha value is -2.49. The van der Waals surface area contributed by atoms with Crippen LogP contribution in [0.25, 0.3) is 42.2 Å². The second-order valence-corrected chi connectivity index (χ2v) is 18.8. The molecule has 0 spiro atoms. The SMILES string of the molecule is Cc1c(C2CCCC[Si]2(C)C)ccc2c1sc1c(-c3cc(C(C)(C)C)c4ccccc4c3)nccc12. The number of nitrogens with zero attached hydrogens (tertiary/aromatic N) is 1. The van der Waals surface area contributed by atoms with Crippen LogP contribution in [-0.2, 0) is 5.41 Å². The van der Waals surface area contributed by atoms with Crippen LogP contribution in [0.5, 0.6) is 0 Å². The van der Waals surface area contributed by atoms with Crippen molar-refractivity contribution in [3.63, 3.8) is 0 Å². The van der Waals surface area contributed by atoms with Crippen LogP contribution in [0, 0.1) is 6.92 Å². The van der Waals surface area contributed by atoms with E-state index >= 15 is 0 Å². The van der Waals surface area contributed by atoms with E-state index in [0.29, 0.717) is 0 Å². The molecule has 0 amide bonds. The lowest BCUT2D eigenvalue weighted by atomic mass is 9.82. The van der Waals surface area contributed by atoms with Gasteiger partial charge in [0.25, 0.3) is 0 Å². The lowest BCUT2D eigenvalue weighted by molar-refractivity contribution is 0.596. The highest BCUT2D eigenvalue weighted by Crippen LogP contribution is 2.46. The van der Waals surface area contributed by atoms with Crippen LogP contribution < -0.4 is 0 Å². The van der Waals surface area contributed by atoms with Crippen molar-refractivity contribution in [2.75, 3.05) is 0 Å². The molecule has 1 aliphatic rings. The Morgan fingerprint density at radius 1 is 0.889 bits per heavy atom. The summed E-state index contributed by atoms with van der Waals surface area (Å²) < 4.78 is 2.78. The zero-order chi connectivity index (χ0) is 25.2. The van der Waals surface area contributed by atoms with Crippen LogP contribution in [-0.4, -0.2) is 13.1 Å². The van der Waals surface area contributed by atoms with E-state index in [0.717, 1.165) is 11.2 Å². The molecule has 0 N–H and O–H groups in total. The Kier molecular flexibility index (Phi) is 5.66. The molecule has 2 aromatic heterocycles. The smallest absolute Gasteiger partial charge is 0.0880 e. The van der Waals surface area contributed by atoms with Gasteiger partial charge in [0.2, 0.25) is 0 Å². The topological polar surface area (TPSA) is 12.9 Å². The summed E-state index contributed by atoms with van der Waals surface area (Å²) in [7, 11) is -1.24. The fraction of sp³-hybridized carbons (Fsp3) is 0.364. The molecule has 3 aromatic carbocycles. The van der Waals surface area contributed by atoms with Crippen molar-refractivity contribution in [1.29, 1.82) is 0 Å². The molecule has 1 nitrogen and oxygen atoms in total. The van der Waals surface area contributed by atoms with Crippen LogP contribution in [0.1, 0.15) is 62.3 Å². The molecule has 0 bridgehead atoms. The standard InChI is InChI=1S/C33H37NSSi/c1-21-24(29-13-9-10-18-36(29,5)6)14-15-26-27-16-17-34-30(32(27)35-31(21)26)23-19-22-11-7-8-12-25(22)28(20-23)33(2,3)4/h7-8,11-12,14-17,19-20,29H,9-10,13,18H2,1-6H3. The molecule has 1 fully saturated rings. The minimum absolute atomic E-state index is 0.0614. The largest absolute Gasteiger partial charge is 0.255 e. The summed E-state index contributed by atoms with van der Waals surface area (Å²) in [6, 6.07) is 22.1. The fourth-order valence-electron chi connectivity index (χ4n) is 6.64. The van der Waals surface area contributed by atoms with Crippen LogP contribution >= 0.6 is 11.3 Å². The Bertz CT molecular complexity index is 1620. The molecule has 36 heavy (non-hydrogen) atoms. The summed E-state index contributed by atoms with van der Waals surface area (Å²) in [4.78, 5) is 4.98. The van der Waals surface area contributed by atoms with Crippen LogP contribution in [0.2, 0.25) is 19.1 Å². The molecule has 1 atom stereocenters. The quantitative estimate of drug-likeness (QED) is 0.217. The average molecular weight is 508 g/mol. The first-order valence-electron chi connectivity index (χ1n) is 13.5. The summed E-state index contributed by atoms with van der Waals surface area (Å²) in [5.74, 6) is 0. The molecular weight excluding hydrogens is 471 g/mol. The van der Waals surface area contributed by atoms with E-state index in [1.54, 1.807) is 5.56 Å². The summed E-state index contributed by atoms with van der Waals surface area (Å²) in [5, 5.41) is 5.38. The van der Waals surface area contributed by atoms with Crippen molar-refractivity contribution < 1.29 is 0 Å². The highest BCUT2D eigenvalue weighted by Gasteiger charge is 2.36. The minimum atomic E-state index is -1.24. The predicted molar refractivity (Wildman–Crippen MR) is 162 cm³/mol. The summed E-state index contributed by atoms with van der Waals surface area (Å²) in [6.07, 6.45) is 6.19. The summed E-state index contributed by atoms with van der Waals surface area (Å²) in [5.41, 5.74) is 7.73. The zero-order valence-corrected chi connectivity index (χ0v) is 24.4. The highest BCUT2D eigenvalue weighted by atomic mass is 32.1. The number of hydrogen-bond donors (Lipinski definition) is 0. The maximum Gasteiger partial charge on any atom is 0.0880 e. The van der Waals surface area contributed by atoms with E-state index in [2.05, 4.69) is 95.4 Å². The number of thiophene rings is 1. The predicted octanol–water partition coefficient (Wildman–Crippen LogP) is 10.4. The lowest BCUT2D eigenvalue weighted by Crippen LogP contribution is -2.37. The maximum absolute atomic E-state index is 4.98. The van der Waals surface area contributed by atoms with Gasteiger partial charge < -0.3 is 0 Å². The van der Waals surface area contributed by atoms with Crippen molar-refractivity contribution >= 4 is 50.4 Å². The Labute approximate surface area is 220 Å². The molecule has 5 aromatic rings. The second kappa shape index (κ2) is 8.53. The molecule has 3 heterocycles. The average Bonchev–Trinajstić information content (AvgIpc) is 3.23. The summed E-state index contributed by atoms with van der Waals surface area (Å²) in [6.45, 7) is 14.5. The Balaban J connectivity index is 1.58. The number of rotatable bonds is 2. The van der Waals surface area contributed by atoms with E-state index in [-0.39, 0.29) is 5.41 Å². The molecule has 0 saturated carbocycles. The van der Waals surface area contributed by atoms with E-state index in [1.165, 1.54) is 72.9 Å². The first-order valence-corrected chi connectivity index (χ1v) is 17.6. The molecule has 3 heteroatoms. The fourth-order valence-corrected chi connectivity index (χ4v) is 11.6. The van der Waals surface area contributed by atoms with Gasteiger partial charge in [-0.25, -0.2) is 0 Å². The van der Waals surface area contributed by atoms with E-state index in [1.807, 2.05) is 17.5 Å². The van der Waals surface area contributed by atoms with Gasteiger partial charge in [0.05, 0.1) is 18.5 Å². The second-order valence-electron chi connectivity index (χ2n) is 12.6.